The van der Waals surface area contributed by atoms with Crippen molar-refractivity contribution in [3.63, 3.8) is 0 Å². The normalized spacial score (nSPS) is 16.4. The van der Waals surface area contributed by atoms with Crippen LogP contribution in [0.25, 0.3) is 0 Å². The molecule has 0 amide bonds. The van der Waals surface area contributed by atoms with E-state index in [1.165, 1.54) is 0 Å². The van der Waals surface area contributed by atoms with Crippen LogP contribution in [0.4, 0.5) is 0 Å². The zero-order valence-electron chi connectivity index (χ0n) is 15.5. The topological polar surface area (TPSA) is 77.6 Å². The minimum absolute atomic E-state index is 0.470. The summed E-state index contributed by atoms with van der Waals surface area (Å²) in [5.41, 5.74) is 0. The molecule has 0 atom stereocenters. The van der Waals surface area contributed by atoms with Crippen molar-refractivity contribution in [1.29, 1.82) is 0 Å². The smallest absolute Gasteiger partial charge is 0.152 e. The zero-order valence-corrected chi connectivity index (χ0v) is 16.3. The molecule has 1 saturated heterocycles. The Morgan fingerprint density at radius 3 is 2.54 bits per heavy atom. The molecule has 8 nitrogen and oxygen atoms in total. The van der Waals surface area contributed by atoms with Crippen LogP contribution in [0, 0.1) is 13.8 Å². The van der Waals surface area contributed by atoms with Crippen LogP contribution in [-0.2, 0) is 20.1 Å². The Hall–Kier alpha value is -2.13. The monoisotopic (exact) mass is 372 g/mol. The van der Waals surface area contributed by atoms with Crippen LogP contribution in [-0.4, -0.2) is 52.5 Å². The first-order valence-electron chi connectivity index (χ1n) is 8.97. The van der Waals surface area contributed by atoms with E-state index < -0.39 is 0 Å². The molecule has 1 fully saturated rings. The van der Waals surface area contributed by atoms with Gasteiger partial charge in [-0.25, -0.2) is 4.98 Å². The van der Waals surface area contributed by atoms with Gasteiger partial charge in [0, 0.05) is 25.4 Å². The largest absolute Gasteiger partial charge is 0.328 e. The molecule has 0 spiro atoms. The van der Waals surface area contributed by atoms with Gasteiger partial charge in [-0.05, 0) is 39.8 Å². The summed E-state index contributed by atoms with van der Waals surface area (Å²) in [5.74, 6) is 3.55. The van der Waals surface area contributed by atoms with Gasteiger partial charge in [-0.3, -0.25) is 4.90 Å². The van der Waals surface area contributed by atoms with E-state index in [2.05, 4.69) is 46.5 Å². The van der Waals surface area contributed by atoms with Crippen LogP contribution in [0.5, 0.6) is 0 Å². The van der Waals surface area contributed by atoms with Gasteiger partial charge in [0.15, 0.2) is 5.82 Å². The van der Waals surface area contributed by atoms with Gasteiger partial charge in [-0.2, -0.15) is 0 Å². The first kappa shape index (κ1) is 17.3. The van der Waals surface area contributed by atoms with E-state index >= 15 is 0 Å². The Morgan fingerprint density at radius 1 is 1.08 bits per heavy atom. The predicted octanol–water partition coefficient (Wildman–Crippen LogP) is 1.91. The maximum absolute atomic E-state index is 4.50. The highest BCUT2D eigenvalue weighted by molar-refractivity contribution is 7.11. The second kappa shape index (κ2) is 7.24. The summed E-state index contributed by atoms with van der Waals surface area (Å²) in [6.45, 7) is 7.75. The van der Waals surface area contributed by atoms with E-state index in [0.717, 1.165) is 60.0 Å². The first-order valence-corrected chi connectivity index (χ1v) is 9.79. The van der Waals surface area contributed by atoms with E-state index in [1.54, 1.807) is 11.3 Å². The lowest BCUT2D eigenvalue weighted by atomic mass is 9.96. The van der Waals surface area contributed by atoms with Gasteiger partial charge in [0.05, 0.1) is 13.1 Å². The first-order chi connectivity index (χ1) is 12.6. The predicted molar refractivity (Wildman–Crippen MR) is 99.0 cm³/mol. The van der Waals surface area contributed by atoms with Gasteiger partial charge < -0.3 is 9.13 Å². The summed E-state index contributed by atoms with van der Waals surface area (Å²) in [6.07, 6.45) is 6.01. The Morgan fingerprint density at radius 2 is 1.88 bits per heavy atom. The van der Waals surface area contributed by atoms with Gasteiger partial charge in [-0.1, -0.05) is 0 Å². The second-order valence-corrected chi connectivity index (χ2v) is 8.17. The molecule has 26 heavy (non-hydrogen) atoms. The van der Waals surface area contributed by atoms with Crippen LogP contribution < -0.4 is 0 Å². The van der Waals surface area contributed by atoms with Gasteiger partial charge in [-0.15, -0.1) is 31.7 Å². The molecular weight excluding hydrogens is 348 g/mol. The molecule has 9 heteroatoms. The van der Waals surface area contributed by atoms with E-state index in [1.807, 2.05) is 26.2 Å². The Kier molecular flexibility index (Phi) is 4.82. The number of likely N-dealkylation sites (tertiary alicyclic amines) is 1. The third-order valence-corrected chi connectivity index (χ3v) is 5.94. The molecule has 1 aliphatic rings. The van der Waals surface area contributed by atoms with Crippen molar-refractivity contribution in [3.05, 3.63) is 39.9 Å². The minimum Gasteiger partial charge on any atom is -0.328 e. The van der Waals surface area contributed by atoms with Crippen LogP contribution in [0.15, 0.2) is 12.4 Å². The summed E-state index contributed by atoms with van der Waals surface area (Å²) >= 11 is 1.69. The summed E-state index contributed by atoms with van der Waals surface area (Å²) in [4.78, 5) is 6.74. The Labute approximate surface area is 156 Å². The van der Waals surface area contributed by atoms with Crippen molar-refractivity contribution in [2.24, 2.45) is 7.05 Å². The number of imidazole rings is 1. The van der Waals surface area contributed by atoms with Crippen molar-refractivity contribution < 1.29 is 0 Å². The highest BCUT2D eigenvalue weighted by Crippen LogP contribution is 2.28. The van der Waals surface area contributed by atoms with Gasteiger partial charge >= 0.3 is 0 Å². The molecule has 4 heterocycles. The number of rotatable bonds is 5. The molecular formula is C17H24N8S. The fourth-order valence-corrected chi connectivity index (χ4v) is 4.29. The van der Waals surface area contributed by atoms with Crippen molar-refractivity contribution in [1.82, 2.24) is 39.4 Å². The van der Waals surface area contributed by atoms with E-state index in [0.29, 0.717) is 12.5 Å². The molecule has 3 aromatic heterocycles. The zero-order chi connectivity index (χ0) is 18.1. The maximum Gasteiger partial charge on any atom is 0.152 e. The van der Waals surface area contributed by atoms with Crippen molar-refractivity contribution >= 4 is 11.3 Å². The van der Waals surface area contributed by atoms with Crippen LogP contribution >= 0.6 is 11.3 Å². The molecule has 0 aliphatic carbocycles. The Bertz CT molecular complexity index is 871. The van der Waals surface area contributed by atoms with Gasteiger partial charge in [0.25, 0.3) is 0 Å². The Balaban J connectivity index is 1.38. The van der Waals surface area contributed by atoms with Gasteiger partial charge in [0.2, 0.25) is 0 Å². The standard InChI is InChI=1S/C17H24N8S/c1-12-18-6-9-25(12)10-15-20-22-17(23(15)3)14-4-7-24(8-5-14)11-16-21-19-13(2)26-16/h6,9,14H,4-5,7-8,10-11H2,1-3H3. The maximum atomic E-state index is 4.50. The highest BCUT2D eigenvalue weighted by Gasteiger charge is 2.25. The van der Waals surface area contributed by atoms with Gasteiger partial charge in [0.1, 0.15) is 21.7 Å². The van der Waals surface area contributed by atoms with Crippen molar-refractivity contribution in [2.45, 2.75) is 45.7 Å². The molecule has 138 valence electrons. The van der Waals surface area contributed by atoms with Crippen LogP contribution in [0.1, 0.15) is 46.2 Å². The lowest BCUT2D eigenvalue weighted by Crippen LogP contribution is -2.33. The van der Waals surface area contributed by atoms with E-state index in [9.17, 15) is 0 Å². The molecule has 0 saturated carbocycles. The average molecular weight is 373 g/mol. The second-order valence-electron chi connectivity index (χ2n) is 6.90. The molecule has 0 unspecified atom stereocenters. The minimum atomic E-state index is 0.470. The van der Waals surface area contributed by atoms with Crippen LogP contribution in [0.3, 0.4) is 0 Å². The van der Waals surface area contributed by atoms with Crippen LogP contribution in [0.2, 0.25) is 0 Å². The SMILES string of the molecule is Cc1nnc(CN2CCC(c3nnc(Cn4ccnc4C)n3C)CC2)s1. The molecule has 1 aliphatic heterocycles. The average Bonchev–Trinajstić information content (AvgIpc) is 3.32. The number of aromatic nitrogens is 7. The van der Waals surface area contributed by atoms with Crippen molar-refractivity contribution in [3.8, 4) is 0 Å². The quantitative estimate of drug-likeness (QED) is 0.681. The summed E-state index contributed by atoms with van der Waals surface area (Å²) < 4.78 is 4.26. The third kappa shape index (κ3) is 3.54. The molecule has 0 bridgehead atoms. The molecule has 0 aromatic carbocycles. The fourth-order valence-electron chi connectivity index (χ4n) is 3.53. The summed E-state index contributed by atoms with van der Waals surface area (Å²) in [5, 5.41) is 19.4. The summed E-state index contributed by atoms with van der Waals surface area (Å²) in [7, 11) is 2.08. The van der Waals surface area contributed by atoms with Crippen molar-refractivity contribution in [2.75, 3.05) is 13.1 Å². The molecule has 4 rings (SSSR count). The lowest BCUT2D eigenvalue weighted by Gasteiger charge is -2.30. The van der Waals surface area contributed by atoms with E-state index in [-0.39, 0.29) is 0 Å². The number of hydrogen-bond donors (Lipinski definition) is 0. The number of hydrogen-bond acceptors (Lipinski definition) is 7. The highest BCUT2D eigenvalue weighted by atomic mass is 32.1. The molecule has 3 aromatic rings. The number of aryl methyl sites for hydroxylation is 2. The third-order valence-electron chi connectivity index (χ3n) is 5.11. The summed E-state index contributed by atoms with van der Waals surface area (Å²) in [6, 6.07) is 0. The number of piperidine rings is 1. The lowest BCUT2D eigenvalue weighted by molar-refractivity contribution is 0.200. The fraction of sp³-hybridized carbons (Fsp3) is 0.588. The van der Waals surface area contributed by atoms with E-state index in [4.69, 9.17) is 0 Å². The number of nitrogens with zero attached hydrogens (tertiary/aromatic N) is 8. The molecule has 0 N–H and O–H groups in total. The molecule has 0 radical (unpaired) electrons.